The number of thiophene rings is 1. The van der Waals surface area contributed by atoms with Crippen LogP contribution in [-0.4, -0.2) is 47.9 Å². The number of rotatable bonds is 5. The fraction of sp³-hybridized carbons (Fsp3) is 0.667. The summed E-state index contributed by atoms with van der Waals surface area (Å²) in [6.45, 7) is 2.41. The Hall–Kier alpha value is -1.78. The highest BCUT2D eigenvalue weighted by atomic mass is 32.2. The Labute approximate surface area is 187 Å². The van der Waals surface area contributed by atoms with E-state index < -0.39 is 10.0 Å². The molecule has 2 fully saturated rings. The molecule has 1 saturated carbocycles. The van der Waals surface area contributed by atoms with Gasteiger partial charge in [-0.3, -0.25) is 4.79 Å². The van der Waals surface area contributed by atoms with E-state index in [4.69, 9.17) is 4.52 Å². The van der Waals surface area contributed by atoms with E-state index in [9.17, 15) is 13.2 Å². The van der Waals surface area contributed by atoms with Gasteiger partial charge in [-0.15, -0.1) is 11.3 Å². The number of aromatic nitrogens is 2. The normalized spacial score (nSPS) is 20.3. The molecule has 2 aromatic heterocycles. The van der Waals surface area contributed by atoms with Crippen LogP contribution < -0.4 is 5.32 Å². The molecule has 1 amide bonds. The molecular formula is C21H30N4O4S2. The highest BCUT2D eigenvalue weighted by molar-refractivity contribution is 7.91. The van der Waals surface area contributed by atoms with Gasteiger partial charge in [0.05, 0.1) is 0 Å². The summed E-state index contributed by atoms with van der Waals surface area (Å²) in [5, 5.41) is 8.82. The number of sulfonamides is 1. The number of nitrogens with zero attached hydrogens (tertiary/aromatic N) is 3. The van der Waals surface area contributed by atoms with Crippen molar-refractivity contribution in [2.24, 2.45) is 5.92 Å². The first-order valence-electron chi connectivity index (χ1n) is 11.1. The molecule has 1 N–H and O–H groups in total. The Kier molecular flexibility index (Phi) is 7.08. The van der Waals surface area contributed by atoms with Crippen LogP contribution in [0.5, 0.6) is 0 Å². The van der Waals surface area contributed by atoms with Crippen LogP contribution in [0, 0.1) is 12.8 Å². The van der Waals surface area contributed by atoms with Crippen LogP contribution in [0.1, 0.15) is 63.7 Å². The maximum Gasteiger partial charge on any atom is 0.252 e. The van der Waals surface area contributed by atoms with Gasteiger partial charge in [-0.05, 0) is 31.7 Å². The Balaban J connectivity index is 1.33. The third-order valence-corrected chi connectivity index (χ3v) is 9.55. The van der Waals surface area contributed by atoms with Crippen LogP contribution in [0.15, 0.2) is 20.2 Å². The van der Waals surface area contributed by atoms with Gasteiger partial charge in [-0.2, -0.15) is 9.29 Å². The van der Waals surface area contributed by atoms with E-state index in [1.807, 2.05) is 0 Å². The Morgan fingerprint density at radius 3 is 2.45 bits per heavy atom. The molecule has 0 unspecified atom stereocenters. The SMILES string of the molecule is Cc1nc(-c2csc(S(=O)(=O)N3CCC(C(=O)NC4CCCCCCC4)CC3)c2)no1. The fourth-order valence-electron chi connectivity index (χ4n) is 4.39. The van der Waals surface area contributed by atoms with Crippen LogP contribution in [0.4, 0.5) is 0 Å². The second-order valence-corrected chi connectivity index (χ2v) is 11.6. The quantitative estimate of drug-likeness (QED) is 0.720. The summed E-state index contributed by atoms with van der Waals surface area (Å²) in [7, 11) is -3.59. The second kappa shape index (κ2) is 9.79. The lowest BCUT2D eigenvalue weighted by Gasteiger charge is -2.31. The first-order chi connectivity index (χ1) is 14.9. The first-order valence-corrected chi connectivity index (χ1v) is 13.5. The zero-order valence-electron chi connectivity index (χ0n) is 17.9. The van der Waals surface area contributed by atoms with Crippen LogP contribution in [-0.2, 0) is 14.8 Å². The third-order valence-electron chi connectivity index (χ3n) is 6.23. The van der Waals surface area contributed by atoms with Gasteiger partial charge in [-0.25, -0.2) is 8.42 Å². The predicted molar refractivity (Wildman–Crippen MR) is 118 cm³/mol. The molecule has 0 spiro atoms. The lowest BCUT2D eigenvalue weighted by molar-refractivity contribution is -0.127. The van der Waals surface area contributed by atoms with E-state index in [1.54, 1.807) is 18.4 Å². The predicted octanol–water partition coefficient (Wildman–Crippen LogP) is 3.74. The van der Waals surface area contributed by atoms with E-state index in [1.165, 1.54) is 36.4 Å². The number of amides is 1. The molecule has 0 atom stereocenters. The monoisotopic (exact) mass is 466 g/mol. The van der Waals surface area contributed by atoms with Gasteiger partial charge >= 0.3 is 0 Å². The maximum absolute atomic E-state index is 13.1. The highest BCUT2D eigenvalue weighted by Crippen LogP contribution is 2.31. The highest BCUT2D eigenvalue weighted by Gasteiger charge is 2.33. The maximum atomic E-state index is 13.1. The van der Waals surface area contributed by atoms with Gasteiger partial charge < -0.3 is 9.84 Å². The standard InChI is InChI=1S/C21H30N4O4S2/c1-15-22-20(24-29-15)17-13-19(30-14-17)31(27,28)25-11-9-16(10-12-25)21(26)23-18-7-5-3-2-4-6-8-18/h13-14,16,18H,2-12H2,1H3,(H,23,26). The summed E-state index contributed by atoms with van der Waals surface area (Å²) in [5.41, 5.74) is 0.633. The van der Waals surface area contributed by atoms with Crippen molar-refractivity contribution in [3.05, 3.63) is 17.3 Å². The topological polar surface area (TPSA) is 105 Å². The molecule has 31 heavy (non-hydrogen) atoms. The van der Waals surface area contributed by atoms with Gasteiger partial charge in [0.1, 0.15) is 4.21 Å². The van der Waals surface area contributed by atoms with Crippen molar-refractivity contribution >= 4 is 27.3 Å². The van der Waals surface area contributed by atoms with E-state index >= 15 is 0 Å². The Morgan fingerprint density at radius 1 is 1.13 bits per heavy atom. The van der Waals surface area contributed by atoms with Gasteiger partial charge in [-0.1, -0.05) is 37.3 Å². The zero-order valence-corrected chi connectivity index (χ0v) is 19.5. The molecule has 3 heterocycles. The van der Waals surface area contributed by atoms with Crippen molar-refractivity contribution in [3.63, 3.8) is 0 Å². The third kappa shape index (κ3) is 5.35. The van der Waals surface area contributed by atoms with E-state index in [-0.39, 0.29) is 22.1 Å². The van der Waals surface area contributed by atoms with Gasteiger partial charge in [0.2, 0.25) is 17.6 Å². The van der Waals surface area contributed by atoms with Crippen LogP contribution in [0.25, 0.3) is 11.4 Å². The summed E-state index contributed by atoms with van der Waals surface area (Å²) in [4.78, 5) is 16.9. The van der Waals surface area contributed by atoms with Gasteiger partial charge in [0.25, 0.3) is 10.0 Å². The number of hydrogen-bond acceptors (Lipinski definition) is 7. The van der Waals surface area contributed by atoms with Crippen molar-refractivity contribution in [1.82, 2.24) is 19.8 Å². The Bertz CT molecular complexity index is 985. The summed E-state index contributed by atoms with van der Waals surface area (Å²) in [5.74, 6) is 0.803. The van der Waals surface area contributed by atoms with Crippen molar-refractivity contribution in [2.75, 3.05) is 13.1 Å². The molecule has 2 aromatic rings. The molecule has 1 aliphatic carbocycles. The molecule has 1 aliphatic heterocycles. The molecule has 0 bridgehead atoms. The molecule has 1 saturated heterocycles. The molecule has 8 nitrogen and oxygen atoms in total. The minimum Gasteiger partial charge on any atom is -0.353 e. The molecule has 170 valence electrons. The molecule has 2 aliphatic rings. The van der Waals surface area contributed by atoms with Crippen molar-refractivity contribution in [3.8, 4) is 11.4 Å². The summed E-state index contributed by atoms with van der Waals surface area (Å²) < 4.78 is 32.9. The molecular weight excluding hydrogens is 436 g/mol. The van der Waals surface area contributed by atoms with E-state index in [2.05, 4.69) is 15.5 Å². The second-order valence-electron chi connectivity index (χ2n) is 8.52. The van der Waals surface area contributed by atoms with E-state index in [0.717, 1.165) is 24.2 Å². The smallest absolute Gasteiger partial charge is 0.252 e. The molecule has 4 rings (SSSR count). The summed E-state index contributed by atoms with van der Waals surface area (Å²) in [6.07, 6.45) is 9.37. The zero-order chi connectivity index (χ0) is 21.8. The lowest BCUT2D eigenvalue weighted by atomic mass is 9.94. The van der Waals surface area contributed by atoms with Gasteiger partial charge in [0.15, 0.2) is 0 Å². The average molecular weight is 467 g/mol. The number of hydrogen-bond donors (Lipinski definition) is 1. The van der Waals surface area contributed by atoms with Gasteiger partial charge in [0, 0.05) is 42.9 Å². The first kappa shape index (κ1) is 22.4. The van der Waals surface area contributed by atoms with Crippen molar-refractivity contribution in [2.45, 2.75) is 75.0 Å². The van der Waals surface area contributed by atoms with Crippen molar-refractivity contribution < 1.29 is 17.7 Å². The molecule has 0 radical (unpaired) electrons. The van der Waals surface area contributed by atoms with Crippen LogP contribution in [0.2, 0.25) is 0 Å². The lowest BCUT2D eigenvalue weighted by Crippen LogP contribution is -2.45. The largest absolute Gasteiger partial charge is 0.353 e. The number of piperidine rings is 1. The average Bonchev–Trinajstić information content (AvgIpc) is 3.39. The summed E-state index contributed by atoms with van der Waals surface area (Å²) in [6, 6.07) is 1.87. The Morgan fingerprint density at radius 2 is 1.81 bits per heavy atom. The number of nitrogens with one attached hydrogen (secondary N) is 1. The van der Waals surface area contributed by atoms with E-state index in [0.29, 0.717) is 43.2 Å². The minimum absolute atomic E-state index is 0.0912. The molecule has 10 heteroatoms. The molecule has 0 aromatic carbocycles. The minimum atomic E-state index is -3.59. The number of carbonyl (C=O) groups excluding carboxylic acids is 1. The fourth-order valence-corrected chi connectivity index (χ4v) is 7.17. The van der Waals surface area contributed by atoms with Crippen LogP contribution >= 0.6 is 11.3 Å². The number of carbonyl (C=O) groups is 1. The summed E-state index contributed by atoms with van der Waals surface area (Å²) >= 11 is 1.16. The van der Waals surface area contributed by atoms with Crippen LogP contribution in [0.3, 0.4) is 0 Å². The van der Waals surface area contributed by atoms with Crippen molar-refractivity contribution in [1.29, 1.82) is 0 Å². The number of aryl methyl sites for hydroxylation is 1.